The molecule has 0 rings (SSSR count). The van der Waals surface area contributed by atoms with E-state index >= 15 is 0 Å². The van der Waals surface area contributed by atoms with E-state index in [1.54, 1.807) is 0 Å². The predicted octanol–water partition coefficient (Wildman–Crippen LogP) is -1.85. The number of hydrogen-bond acceptors (Lipinski definition) is 3. The van der Waals surface area contributed by atoms with Crippen molar-refractivity contribution in [3.05, 3.63) is 0 Å². The van der Waals surface area contributed by atoms with Crippen LogP contribution in [0.25, 0.3) is 0 Å². The van der Waals surface area contributed by atoms with Gasteiger partial charge in [-0.1, -0.05) is 0 Å². The number of nitrogens with one attached hydrogen (secondary N) is 1. The van der Waals surface area contributed by atoms with Crippen LogP contribution in [0.15, 0.2) is 0 Å². The van der Waals surface area contributed by atoms with Gasteiger partial charge in [-0.15, -0.1) is 0 Å². The summed E-state index contributed by atoms with van der Waals surface area (Å²) in [6.07, 6.45) is 0. The molecule has 0 aliphatic rings. The largest absolute Gasteiger partial charge is 0.395 e. The molecule has 8 heavy (non-hydrogen) atoms. The maximum absolute atomic E-state index is 8.19. The molecular formula is C4H12KN2O. The molecule has 0 aromatic rings. The van der Waals surface area contributed by atoms with Gasteiger partial charge in [-0.05, 0) is 0 Å². The summed E-state index contributed by atoms with van der Waals surface area (Å²) in [6.45, 7) is 2.28. The molecule has 0 heterocycles. The molecule has 4 N–H and O–H groups in total. The average Bonchev–Trinajstić information content (AvgIpc) is 1.69. The van der Waals surface area contributed by atoms with Gasteiger partial charge in [-0.25, -0.2) is 0 Å². The molecule has 0 amide bonds. The van der Waals surface area contributed by atoms with E-state index in [0.29, 0.717) is 13.1 Å². The van der Waals surface area contributed by atoms with E-state index in [1.807, 2.05) is 0 Å². The summed E-state index contributed by atoms with van der Waals surface area (Å²) in [4.78, 5) is 0. The van der Waals surface area contributed by atoms with Gasteiger partial charge in [-0.2, -0.15) is 0 Å². The van der Waals surface area contributed by atoms with E-state index in [2.05, 4.69) is 5.32 Å². The second-order valence-corrected chi connectivity index (χ2v) is 1.26. The molecule has 45 valence electrons. The van der Waals surface area contributed by atoms with Gasteiger partial charge in [0.25, 0.3) is 0 Å². The second kappa shape index (κ2) is 11.3. The molecule has 0 spiro atoms. The Morgan fingerprint density at radius 1 is 1.38 bits per heavy atom. The SMILES string of the molecule is NCCNCCO.[K]. The third-order valence-electron chi connectivity index (χ3n) is 0.610. The molecule has 0 fully saturated rings. The first-order chi connectivity index (χ1) is 3.41. The minimum atomic E-state index is 0. The smallest absolute Gasteiger partial charge is 0.0555 e. The molecule has 4 heteroatoms. The van der Waals surface area contributed by atoms with Gasteiger partial charge in [0.15, 0.2) is 0 Å². The number of aliphatic hydroxyl groups excluding tert-OH is 1. The summed E-state index contributed by atoms with van der Waals surface area (Å²) in [6, 6.07) is 0. The molecule has 1 radical (unpaired) electrons. The Kier molecular flexibility index (Phi) is 17.3. The Bertz CT molecular complexity index is 33.2. The Labute approximate surface area is 92.4 Å². The molecule has 0 unspecified atom stereocenters. The van der Waals surface area contributed by atoms with Crippen molar-refractivity contribution in [1.82, 2.24) is 5.32 Å². The third kappa shape index (κ3) is 10.5. The quantitative estimate of drug-likeness (QED) is 0.320. The number of nitrogens with two attached hydrogens (primary N) is 1. The Morgan fingerprint density at radius 3 is 2.38 bits per heavy atom. The first kappa shape index (κ1) is 12.2. The standard InChI is InChI=1S/C4H12N2O.K/c5-1-2-6-3-4-7;/h6-7H,1-5H2;. The molecule has 0 saturated heterocycles. The maximum Gasteiger partial charge on any atom is 0.0555 e. The van der Waals surface area contributed by atoms with Gasteiger partial charge in [-0.3, -0.25) is 0 Å². The van der Waals surface area contributed by atoms with Gasteiger partial charge in [0.1, 0.15) is 0 Å². The molecule has 0 atom stereocenters. The Morgan fingerprint density at radius 2 is 2.00 bits per heavy atom. The minimum Gasteiger partial charge on any atom is -0.395 e. The average molecular weight is 143 g/mol. The molecule has 3 nitrogen and oxygen atoms in total. The summed E-state index contributed by atoms with van der Waals surface area (Å²) < 4.78 is 0. The van der Waals surface area contributed by atoms with Crippen LogP contribution >= 0.6 is 0 Å². The molecule has 0 aliphatic carbocycles. The zero-order chi connectivity index (χ0) is 5.54. The van der Waals surface area contributed by atoms with Crippen LogP contribution in [0, 0.1) is 0 Å². The van der Waals surface area contributed by atoms with Gasteiger partial charge >= 0.3 is 0 Å². The first-order valence-electron chi connectivity index (χ1n) is 2.43. The van der Waals surface area contributed by atoms with Gasteiger partial charge < -0.3 is 16.2 Å². The minimum absolute atomic E-state index is 0. The molecule has 0 aliphatic heterocycles. The van der Waals surface area contributed by atoms with E-state index < -0.39 is 0 Å². The third-order valence-corrected chi connectivity index (χ3v) is 0.610. The predicted molar refractivity (Wildman–Crippen MR) is 34.8 cm³/mol. The molecule has 0 bridgehead atoms. The number of hydrogen-bond donors (Lipinski definition) is 3. The van der Waals surface area contributed by atoms with Crippen LogP contribution in [-0.4, -0.2) is 82.7 Å². The van der Waals surface area contributed by atoms with Crippen LogP contribution in [0.4, 0.5) is 0 Å². The zero-order valence-corrected chi connectivity index (χ0v) is 8.48. The summed E-state index contributed by atoms with van der Waals surface area (Å²) >= 11 is 0. The van der Waals surface area contributed by atoms with Crippen LogP contribution in [-0.2, 0) is 0 Å². The summed E-state index contributed by atoms with van der Waals surface area (Å²) in [5.41, 5.74) is 5.13. The molecule has 0 aromatic carbocycles. The fraction of sp³-hybridized carbons (Fsp3) is 1.00. The van der Waals surface area contributed by atoms with Gasteiger partial charge in [0.2, 0.25) is 0 Å². The van der Waals surface area contributed by atoms with Crippen molar-refractivity contribution < 1.29 is 5.11 Å². The Hall–Kier alpha value is 1.52. The van der Waals surface area contributed by atoms with Crippen molar-refractivity contribution in [2.24, 2.45) is 5.73 Å². The van der Waals surface area contributed by atoms with Crippen LogP contribution < -0.4 is 11.1 Å². The van der Waals surface area contributed by atoms with E-state index in [1.165, 1.54) is 0 Å². The van der Waals surface area contributed by atoms with Crippen molar-refractivity contribution >= 4 is 51.4 Å². The van der Waals surface area contributed by atoms with Crippen molar-refractivity contribution in [3.8, 4) is 0 Å². The molecule has 0 aromatic heterocycles. The molecular weight excluding hydrogens is 131 g/mol. The monoisotopic (exact) mass is 143 g/mol. The van der Waals surface area contributed by atoms with Crippen molar-refractivity contribution in [2.45, 2.75) is 0 Å². The maximum atomic E-state index is 8.19. The van der Waals surface area contributed by atoms with Crippen LogP contribution in [0.1, 0.15) is 0 Å². The normalized spacial score (nSPS) is 8.25. The number of aliphatic hydroxyl groups is 1. The van der Waals surface area contributed by atoms with Crippen molar-refractivity contribution in [3.63, 3.8) is 0 Å². The van der Waals surface area contributed by atoms with Crippen LogP contribution in [0.5, 0.6) is 0 Å². The summed E-state index contributed by atoms with van der Waals surface area (Å²) in [5.74, 6) is 0. The van der Waals surface area contributed by atoms with Gasteiger partial charge in [0.05, 0.1) is 6.61 Å². The zero-order valence-electron chi connectivity index (χ0n) is 5.35. The molecule has 0 saturated carbocycles. The van der Waals surface area contributed by atoms with E-state index in [-0.39, 0.29) is 58.0 Å². The first-order valence-corrected chi connectivity index (χ1v) is 2.43. The summed E-state index contributed by atoms with van der Waals surface area (Å²) in [5, 5.41) is 11.1. The van der Waals surface area contributed by atoms with E-state index in [0.717, 1.165) is 6.54 Å². The van der Waals surface area contributed by atoms with E-state index in [9.17, 15) is 0 Å². The van der Waals surface area contributed by atoms with Gasteiger partial charge in [0, 0.05) is 71.0 Å². The van der Waals surface area contributed by atoms with Crippen molar-refractivity contribution in [1.29, 1.82) is 0 Å². The van der Waals surface area contributed by atoms with E-state index in [4.69, 9.17) is 10.8 Å². The fourth-order valence-electron chi connectivity index (χ4n) is 0.306. The fourth-order valence-corrected chi connectivity index (χ4v) is 0.306. The number of rotatable bonds is 4. The van der Waals surface area contributed by atoms with Crippen LogP contribution in [0.3, 0.4) is 0 Å². The summed E-state index contributed by atoms with van der Waals surface area (Å²) in [7, 11) is 0. The van der Waals surface area contributed by atoms with Crippen LogP contribution in [0.2, 0.25) is 0 Å². The topological polar surface area (TPSA) is 58.3 Å². The second-order valence-electron chi connectivity index (χ2n) is 1.26. The van der Waals surface area contributed by atoms with Crippen molar-refractivity contribution in [2.75, 3.05) is 26.2 Å². The Balaban J connectivity index is 0.